The first-order chi connectivity index (χ1) is 13.5. The molecule has 2 rings (SSSR count). The van der Waals surface area contributed by atoms with E-state index < -0.39 is 0 Å². The maximum atomic E-state index is 5.52. The standard InChI is InChI=1S/C21H39N5OS/c1-6-22-21(23-8-7-18-15-28-20(25-18)17(4)5)24-14-19(13-16(2)3)26-9-11-27-12-10-26/h15-17,19H,6-14H2,1-5H3,(H2,22,23,24). The number of ether oxygens (including phenoxy) is 1. The van der Waals surface area contributed by atoms with Gasteiger partial charge in [0.25, 0.3) is 0 Å². The maximum Gasteiger partial charge on any atom is 0.191 e. The first-order valence-corrected chi connectivity index (χ1v) is 11.7. The Morgan fingerprint density at radius 1 is 1.25 bits per heavy atom. The number of aromatic nitrogens is 1. The van der Waals surface area contributed by atoms with Crippen LogP contribution in [0.2, 0.25) is 0 Å². The van der Waals surface area contributed by atoms with Crippen LogP contribution in [0, 0.1) is 5.92 Å². The van der Waals surface area contributed by atoms with Crippen LogP contribution in [0.3, 0.4) is 0 Å². The summed E-state index contributed by atoms with van der Waals surface area (Å²) >= 11 is 1.76. The van der Waals surface area contributed by atoms with E-state index in [4.69, 9.17) is 14.7 Å². The Bertz CT molecular complexity index is 581. The number of nitrogens with zero attached hydrogens (tertiary/aromatic N) is 3. The van der Waals surface area contributed by atoms with Gasteiger partial charge in [0.15, 0.2) is 5.96 Å². The number of rotatable bonds is 10. The lowest BCUT2D eigenvalue weighted by Crippen LogP contribution is -2.46. The summed E-state index contributed by atoms with van der Waals surface area (Å²) in [4.78, 5) is 12.2. The van der Waals surface area contributed by atoms with E-state index in [9.17, 15) is 0 Å². The minimum absolute atomic E-state index is 0.478. The molecule has 2 N–H and O–H groups in total. The molecule has 1 aliphatic rings. The molecule has 1 saturated heterocycles. The van der Waals surface area contributed by atoms with E-state index in [0.717, 1.165) is 58.3 Å². The number of hydrogen-bond donors (Lipinski definition) is 2. The molecular weight excluding hydrogens is 370 g/mol. The van der Waals surface area contributed by atoms with Crippen molar-refractivity contribution in [1.29, 1.82) is 0 Å². The molecule has 1 fully saturated rings. The van der Waals surface area contributed by atoms with Crippen molar-refractivity contribution in [3.63, 3.8) is 0 Å². The van der Waals surface area contributed by atoms with Crippen LogP contribution in [0.4, 0.5) is 0 Å². The van der Waals surface area contributed by atoms with Gasteiger partial charge in [-0.1, -0.05) is 27.7 Å². The van der Waals surface area contributed by atoms with E-state index >= 15 is 0 Å². The summed E-state index contributed by atoms with van der Waals surface area (Å²) in [5, 5.41) is 10.3. The molecule has 1 aromatic heterocycles. The summed E-state index contributed by atoms with van der Waals surface area (Å²) in [5.41, 5.74) is 1.17. The lowest BCUT2D eigenvalue weighted by molar-refractivity contribution is 0.0143. The van der Waals surface area contributed by atoms with Crippen LogP contribution in [0.1, 0.15) is 57.7 Å². The van der Waals surface area contributed by atoms with E-state index in [-0.39, 0.29) is 0 Å². The minimum atomic E-state index is 0.478. The number of nitrogens with one attached hydrogen (secondary N) is 2. The third kappa shape index (κ3) is 8.05. The average Bonchev–Trinajstić information content (AvgIpc) is 3.14. The predicted molar refractivity (Wildman–Crippen MR) is 120 cm³/mol. The molecule has 2 heterocycles. The van der Waals surface area contributed by atoms with Crippen molar-refractivity contribution in [3.8, 4) is 0 Å². The van der Waals surface area contributed by atoms with Crippen molar-refractivity contribution >= 4 is 17.3 Å². The van der Waals surface area contributed by atoms with E-state index in [1.807, 2.05) is 0 Å². The van der Waals surface area contributed by atoms with Gasteiger partial charge < -0.3 is 15.4 Å². The van der Waals surface area contributed by atoms with Gasteiger partial charge in [-0.15, -0.1) is 11.3 Å². The first kappa shape index (κ1) is 23.1. The molecule has 7 heteroatoms. The number of aliphatic imine (C=N–C) groups is 1. The minimum Gasteiger partial charge on any atom is -0.379 e. The second-order valence-electron chi connectivity index (χ2n) is 8.16. The lowest BCUT2D eigenvalue weighted by Gasteiger charge is -2.34. The summed E-state index contributed by atoms with van der Waals surface area (Å²) < 4.78 is 5.52. The van der Waals surface area contributed by atoms with Gasteiger partial charge in [-0.2, -0.15) is 0 Å². The zero-order chi connectivity index (χ0) is 20.4. The molecule has 160 valence electrons. The molecule has 0 aromatic carbocycles. The summed E-state index contributed by atoms with van der Waals surface area (Å²) in [6.45, 7) is 17.3. The third-order valence-corrected chi connectivity index (χ3v) is 6.04. The van der Waals surface area contributed by atoms with Crippen LogP contribution in [0.25, 0.3) is 0 Å². The van der Waals surface area contributed by atoms with Gasteiger partial charge >= 0.3 is 0 Å². The summed E-state index contributed by atoms with van der Waals surface area (Å²) in [5.74, 6) is 2.07. The highest BCUT2D eigenvalue weighted by Crippen LogP contribution is 2.19. The van der Waals surface area contributed by atoms with Crippen LogP contribution in [0.15, 0.2) is 10.4 Å². The van der Waals surface area contributed by atoms with E-state index in [0.29, 0.717) is 17.9 Å². The smallest absolute Gasteiger partial charge is 0.191 e. The fraction of sp³-hybridized carbons (Fsp3) is 0.810. The molecule has 1 aromatic rings. The van der Waals surface area contributed by atoms with Gasteiger partial charge in [0, 0.05) is 49.9 Å². The predicted octanol–water partition coefficient (Wildman–Crippen LogP) is 3.11. The Morgan fingerprint density at radius 2 is 2.00 bits per heavy atom. The van der Waals surface area contributed by atoms with Crippen LogP contribution in [-0.4, -0.2) is 67.8 Å². The largest absolute Gasteiger partial charge is 0.379 e. The van der Waals surface area contributed by atoms with Crippen molar-refractivity contribution in [2.75, 3.05) is 45.9 Å². The summed E-state index contributed by atoms with van der Waals surface area (Å²) in [7, 11) is 0. The second kappa shape index (κ2) is 12.4. The number of hydrogen-bond acceptors (Lipinski definition) is 5. The fourth-order valence-electron chi connectivity index (χ4n) is 3.38. The van der Waals surface area contributed by atoms with Gasteiger partial charge in [0.05, 0.1) is 30.5 Å². The quantitative estimate of drug-likeness (QED) is 0.459. The van der Waals surface area contributed by atoms with Gasteiger partial charge in [-0.05, 0) is 19.3 Å². The molecule has 28 heavy (non-hydrogen) atoms. The number of guanidine groups is 1. The molecule has 0 saturated carbocycles. The van der Waals surface area contributed by atoms with Gasteiger partial charge in [-0.3, -0.25) is 9.89 Å². The topological polar surface area (TPSA) is 61.8 Å². The van der Waals surface area contributed by atoms with Gasteiger partial charge in [0.1, 0.15) is 0 Å². The van der Waals surface area contributed by atoms with E-state index in [1.54, 1.807) is 11.3 Å². The molecule has 0 radical (unpaired) electrons. The van der Waals surface area contributed by atoms with Crippen LogP contribution in [-0.2, 0) is 11.2 Å². The Kier molecular flexibility index (Phi) is 10.2. The Labute approximate surface area is 175 Å². The molecule has 1 aliphatic heterocycles. The first-order valence-electron chi connectivity index (χ1n) is 10.8. The van der Waals surface area contributed by atoms with Crippen LogP contribution < -0.4 is 10.6 Å². The fourth-order valence-corrected chi connectivity index (χ4v) is 4.25. The third-order valence-electron chi connectivity index (χ3n) is 4.85. The highest BCUT2D eigenvalue weighted by Gasteiger charge is 2.21. The number of thiazole rings is 1. The lowest BCUT2D eigenvalue weighted by atomic mass is 10.0. The molecule has 0 bridgehead atoms. The van der Waals surface area contributed by atoms with Crippen molar-refractivity contribution < 1.29 is 4.74 Å². The molecule has 0 spiro atoms. The van der Waals surface area contributed by atoms with Crippen molar-refractivity contribution in [1.82, 2.24) is 20.5 Å². The van der Waals surface area contributed by atoms with Crippen LogP contribution in [0.5, 0.6) is 0 Å². The molecule has 0 amide bonds. The Balaban J connectivity index is 1.88. The zero-order valence-electron chi connectivity index (χ0n) is 18.3. The van der Waals surface area contributed by atoms with Crippen molar-refractivity contribution in [3.05, 3.63) is 16.1 Å². The Hall–Kier alpha value is -1.18. The zero-order valence-corrected chi connectivity index (χ0v) is 19.1. The average molecular weight is 410 g/mol. The van der Waals surface area contributed by atoms with Crippen molar-refractivity contribution in [2.45, 2.75) is 59.4 Å². The van der Waals surface area contributed by atoms with Crippen molar-refractivity contribution in [2.24, 2.45) is 10.9 Å². The Morgan fingerprint density at radius 3 is 2.61 bits per heavy atom. The molecule has 6 nitrogen and oxygen atoms in total. The maximum absolute atomic E-state index is 5.52. The SMILES string of the molecule is CCNC(=NCC(CC(C)C)N1CCOCC1)NCCc1csc(C(C)C)n1. The highest BCUT2D eigenvalue weighted by atomic mass is 32.1. The number of morpholine rings is 1. The highest BCUT2D eigenvalue weighted by molar-refractivity contribution is 7.09. The molecule has 1 unspecified atom stereocenters. The van der Waals surface area contributed by atoms with E-state index in [2.05, 4.69) is 55.5 Å². The van der Waals surface area contributed by atoms with Gasteiger partial charge in [-0.25, -0.2) is 4.98 Å². The summed E-state index contributed by atoms with van der Waals surface area (Å²) in [6, 6.07) is 0.478. The normalized spacial score (nSPS) is 17.3. The monoisotopic (exact) mass is 409 g/mol. The van der Waals surface area contributed by atoms with E-state index in [1.165, 1.54) is 17.1 Å². The molecule has 0 aliphatic carbocycles. The van der Waals surface area contributed by atoms with Gasteiger partial charge in [0.2, 0.25) is 0 Å². The molecule has 1 atom stereocenters. The summed E-state index contributed by atoms with van der Waals surface area (Å²) in [6.07, 6.45) is 2.09. The second-order valence-corrected chi connectivity index (χ2v) is 9.05. The van der Waals surface area contributed by atoms with Crippen LogP contribution >= 0.6 is 11.3 Å². The molecular formula is C21H39N5OS.